The van der Waals surface area contributed by atoms with E-state index in [2.05, 4.69) is 258 Å². The number of hydrogen-bond donors (Lipinski definition) is 0. The second kappa shape index (κ2) is 18.1. The number of rotatable bonds is 7. The third-order valence-corrected chi connectivity index (χ3v) is 17.3. The molecule has 0 bridgehead atoms. The third-order valence-electron chi connectivity index (χ3n) is 17.3. The molecule has 18 aromatic rings. The van der Waals surface area contributed by atoms with Crippen LogP contribution >= 0.6 is 0 Å². The first kappa shape index (κ1) is 46.4. The molecule has 6 aromatic heterocycles. The lowest BCUT2D eigenvalue weighted by molar-refractivity contribution is 0.655. The maximum Gasteiger partial charge on any atom is 0.228 e. The van der Waals surface area contributed by atoms with Gasteiger partial charge in [0.15, 0.2) is 0 Å². The number of benzene rings is 12. The number of nitrogens with zero attached hydrogens (tertiary/aromatic N) is 4. The van der Waals surface area contributed by atoms with Crippen molar-refractivity contribution >= 4 is 110 Å². The summed E-state index contributed by atoms with van der Waals surface area (Å²) in [4.78, 5) is 10.2. The first-order valence-corrected chi connectivity index (χ1v) is 28.5. The van der Waals surface area contributed by atoms with Gasteiger partial charge < -0.3 is 18.0 Å². The second-order valence-electron chi connectivity index (χ2n) is 22.0. The van der Waals surface area contributed by atoms with E-state index in [1.165, 1.54) is 43.7 Å². The topological polar surface area (TPSA) is 61.9 Å². The predicted molar refractivity (Wildman–Crippen MR) is 347 cm³/mol. The van der Waals surface area contributed by atoms with E-state index in [-0.39, 0.29) is 0 Å². The minimum absolute atomic E-state index is 0.631. The highest BCUT2D eigenvalue weighted by Gasteiger charge is 2.23. The van der Waals surface area contributed by atoms with Crippen LogP contribution in [0.15, 0.2) is 288 Å². The fraction of sp³-hybridized carbons (Fsp3) is 0. The minimum atomic E-state index is 0.631. The molecular formula is C78H46N4O2. The van der Waals surface area contributed by atoms with Gasteiger partial charge in [0.2, 0.25) is 11.4 Å². The number of furan rings is 2. The van der Waals surface area contributed by atoms with Crippen molar-refractivity contribution in [2.45, 2.75) is 0 Å². The number of para-hydroxylation sites is 5. The van der Waals surface area contributed by atoms with E-state index in [9.17, 15) is 0 Å². The molecule has 0 aliphatic heterocycles. The zero-order valence-electron chi connectivity index (χ0n) is 45.2. The standard InChI is InChI=1S/C78H46N4O2/c1-2-16-47(17-3-1)51-37-40-69-62(44-51)63-45-52(38-41-70(63)82(69)56-21-14-18-53(42-56)73-59-24-4-9-27-65(59)79-77-75(73)60-25-7-12-30-71(60)83-77)49-34-32-48(33-35-49)50-36-39-66-64(46-50)74(76-61-26-8-13-31-72(61)84-78(76)80-66)54-19-15-20-55(43-54)81-67-28-10-5-22-57(67)58-23-6-11-29-68(58)81/h1-46H. The molecule has 0 atom stereocenters. The summed E-state index contributed by atoms with van der Waals surface area (Å²) in [6.07, 6.45) is 0. The molecule has 0 N–H and O–H groups in total. The van der Waals surface area contributed by atoms with E-state index < -0.39 is 0 Å². The quantitative estimate of drug-likeness (QED) is 0.160. The normalized spacial score (nSPS) is 12.0. The number of fused-ring (bicyclic) bond motifs is 14. The molecule has 84 heavy (non-hydrogen) atoms. The van der Waals surface area contributed by atoms with Crippen molar-refractivity contribution in [3.05, 3.63) is 279 Å². The van der Waals surface area contributed by atoms with Gasteiger partial charge in [-0.25, -0.2) is 9.97 Å². The van der Waals surface area contributed by atoms with Gasteiger partial charge in [-0.15, -0.1) is 0 Å². The van der Waals surface area contributed by atoms with E-state index in [0.717, 1.165) is 121 Å². The van der Waals surface area contributed by atoms with Crippen molar-refractivity contribution in [2.24, 2.45) is 0 Å². The Balaban J connectivity index is 0.767. The molecular weight excluding hydrogens is 1020 g/mol. The van der Waals surface area contributed by atoms with Gasteiger partial charge in [-0.05, 0) is 136 Å². The van der Waals surface area contributed by atoms with Crippen LogP contribution in [0.5, 0.6) is 0 Å². The van der Waals surface area contributed by atoms with Gasteiger partial charge in [-0.1, -0.05) is 188 Å². The molecule has 0 saturated carbocycles. The van der Waals surface area contributed by atoms with E-state index >= 15 is 0 Å². The van der Waals surface area contributed by atoms with Gasteiger partial charge in [0.05, 0.1) is 43.9 Å². The Morgan fingerprint density at radius 3 is 1.17 bits per heavy atom. The Bertz CT molecular complexity index is 5690. The van der Waals surface area contributed by atoms with E-state index in [0.29, 0.717) is 11.4 Å². The highest BCUT2D eigenvalue weighted by atomic mass is 16.3. The molecule has 6 nitrogen and oxygen atoms in total. The van der Waals surface area contributed by atoms with Crippen LogP contribution in [0.2, 0.25) is 0 Å². The molecule has 12 aromatic carbocycles. The number of pyridine rings is 2. The largest absolute Gasteiger partial charge is 0.438 e. The molecule has 0 radical (unpaired) electrons. The molecule has 0 fully saturated rings. The number of hydrogen-bond acceptors (Lipinski definition) is 4. The van der Waals surface area contributed by atoms with Gasteiger partial charge in [-0.2, -0.15) is 0 Å². The summed E-state index contributed by atoms with van der Waals surface area (Å²) in [7, 11) is 0. The first-order chi connectivity index (χ1) is 41.6. The Morgan fingerprint density at radius 2 is 0.619 bits per heavy atom. The summed E-state index contributed by atoms with van der Waals surface area (Å²) in [5.74, 6) is 0. The highest BCUT2D eigenvalue weighted by Crippen LogP contribution is 2.46. The van der Waals surface area contributed by atoms with E-state index in [4.69, 9.17) is 18.8 Å². The molecule has 0 aliphatic carbocycles. The van der Waals surface area contributed by atoms with Crippen LogP contribution in [0.25, 0.3) is 177 Å². The Hall–Kier alpha value is -11.3. The molecule has 18 rings (SSSR count). The maximum atomic E-state index is 6.54. The van der Waals surface area contributed by atoms with Crippen LogP contribution in [0.3, 0.4) is 0 Å². The summed E-state index contributed by atoms with van der Waals surface area (Å²) in [5, 5.41) is 11.1. The zero-order chi connectivity index (χ0) is 55.0. The average molecular weight is 1070 g/mol. The molecule has 0 amide bonds. The molecule has 0 saturated heterocycles. The summed E-state index contributed by atoms with van der Waals surface area (Å²) >= 11 is 0. The van der Waals surface area contributed by atoms with Crippen LogP contribution in [0.4, 0.5) is 0 Å². The summed E-state index contributed by atoms with van der Waals surface area (Å²) in [6.45, 7) is 0. The first-order valence-electron chi connectivity index (χ1n) is 28.5. The van der Waals surface area contributed by atoms with Gasteiger partial charge in [0, 0.05) is 65.6 Å². The fourth-order valence-electron chi connectivity index (χ4n) is 13.5. The van der Waals surface area contributed by atoms with Crippen molar-refractivity contribution in [1.29, 1.82) is 0 Å². The molecule has 6 heterocycles. The summed E-state index contributed by atoms with van der Waals surface area (Å²) in [6, 6.07) is 100. The van der Waals surface area contributed by atoms with Gasteiger partial charge in [0.1, 0.15) is 11.2 Å². The van der Waals surface area contributed by atoms with Crippen LogP contribution in [-0.4, -0.2) is 19.1 Å². The van der Waals surface area contributed by atoms with Crippen molar-refractivity contribution < 1.29 is 8.83 Å². The van der Waals surface area contributed by atoms with Crippen LogP contribution in [0.1, 0.15) is 0 Å². The monoisotopic (exact) mass is 1070 g/mol. The van der Waals surface area contributed by atoms with Crippen LogP contribution in [0, 0.1) is 0 Å². The Morgan fingerprint density at radius 1 is 0.238 bits per heavy atom. The lowest BCUT2D eigenvalue weighted by Gasteiger charge is -2.14. The summed E-state index contributed by atoms with van der Waals surface area (Å²) < 4.78 is 17.8. The van der Waals surface area contributed by atoms with Gasteiger partial charge in [-0.3, -0.25) is 0 Å². The SMILES string of the molecule is c1ccc(-c2ccc3c(c2)c2cc(-c4ccc(-c5ccc6nc7oc8ccccc8c7c(-c7cccc(-n8c9ccccc9c9ccccc98)c7)c6c5)cc4)ccc2n3-c2cccc(-c3c4ccccc4nc4oc5ccccc5c34)c2)cc1. The molecule has 0 aliphatic rings. The van der Waals surface area contributed by atoms with Gasteiger partial charge in [0.25, 0.3) is 0 Å². The zero-order valence-corrected chi connectivity index (χ0v) is 45.2. The lowest BCUT2D eigenvalue weighted by atomic mass is 9.93. The second-order valence-corrected chi connectivity index (χ2v) is 22.0. The van der Waals surface area contributed by atoms with E-state index in [1.807, 2.05) is 30.3 Å². The van der Waals surface area contributed by atoms with Crippen LogP contribution in [-0.2, 0) is 0 Å². The minimum Gasteiger partial charge on any atom is -0.438 e. The van der Waals surface area contributed by atoms with Crippen molar-refractivity contribution in [3.8, 4) is 67.0 Å². The van der Waals surface area contributed by atoms with Gasteiger partial charge >= 0.3 is 0 Å². The van der Waals surface area contributed by atoms with Crippen molar-refractivity contribution in [2.75, 3.05) is 0 Å². The molecule has 0 unspecified atom stereocenters. The highest BCUT2D eigenvalue weighted by molar-refractivity contribution is 6.21. The smallest absolute Gasteiger partial charge is 0.228 e. The summed E-state index contributed by atoms with van der Waals surface area (Å²) in [5.41, 5.74) is 22.8. The third kappa shape index (κ3) is 7.04. The number of aromatic nitrogens is 4. The fourth-order valence-corrected chi connectivity index (χ4v) is 13.5. The average Bonchev–Trinajstić information content (AvgIpc) is 2.77. The molecule has 0 spiro atoms. The molecule has 6 heteroatoms. The van der Waals surface area contributed by atoms with Crippen molar-refractivity contribution in [3.63, 3.8) is 0 Å². The maximum absolute atomic E-state index is 6.54. The van der Waals surface area contributed by atoms with Crippen molar-refractivity contribution in [1.82, 2.24) is 19.1 Å². The van der Waals surface area contributed by atoms with E-state index in [1.54, 1.807) is 0 Å². The molecule has 390 valence electrons. The predicted octanol–water partition coefficient (Wildman–Crippen LogP) is 21.1. The lowest BCUT2D eigenvalue weighted by Crippen LogP contribution is -1.95. The Labute approximate surface area is 481 Å². The van der Waals surface area contributed by atoms with Crippen LogP contribution < -0.4 is 0 Å². The Kier molecular flexibility index (Phi) is 9.99.